The number of nitrogens with zero attached hydrogens (tertiary/aromatic N) is 4. The third-order valence-corrected chi connectivity index (χ3v) is 4.95. The summed E-state index contributed by atoms with van der Waals surface area (Å²) in [5.74, 6) is 1.56. The van der Waals surface area contributed by atoms with Crippen LogP contribution in [0.4, 0.5) is 0 Å². The van der Waals surface area contributed by atoms with E-state index in [1.54, 1.807) is 22.7 Å². The fourth-order valence-electron chi connectivity index (χ4n) is 2.65. The number of phenols is 1. The molecule has 0 aliphatic carbocycles. The molecular weight excluding hydrogens is 338 g/mol. The highest BCUT2D eigenvalue weighted by Gasteiger charge is 2.25. The second kappa shape index (κ2) is 6.87. The van der Waals surface area contributed by atoms with Gasteiger partial charge in [-0.2, -0.15) is 5.21 Å². The normalized spacial score (nSPS) is 17.3. The molecule has 1 saturated heterocycles. The SMILES string of the molecule is CC(C)(C)c1cc(C=C2SCCN(Cc3nn[nH]n3)C2=O)ccc1O. The van der Waals surface area contributed by atoms with Gasteiger partial charge in [0.05, 0.1) is 11.4 Å². The molecule has 0 saturated carbocycles. The molecule has 1 aromatic carbocycles. The Balaban J connectivity index is 1.84. The van der Waals surface area contributed by atoms with Crippen molar-refractivity contribution in [3.05, 3.63) is 40.1 Å². The Hall–Kier alpha value is -2.35. The van der Waals surface area contributed by atoms with Crippen LogP contribution in [0.2, 0.25) is 0 Å². The first-order chi connectivity index (χ1) is 11.8. The van der Waals surface area contributed by atoms with Crippen molar-refractivity contribution in [1.29, 1.82) is 0 Å². The Kier molecular flexibility index (Phi) is 4.80. The predicted octanol–water partition coefficient (Wildman–Crippen LogP) is 2.32. The van der Waals surface area contributed by atoms with Gasteiger partial charge in [-0.05, 0) is 34.8 Å². The van der Waals surface area contributed by atoms with Crippen molar-refractivity contribution in [2.24, 2.45) is 0 Å². The van der Waals surface area contributed by atoms with E-state index in [0.29, 0.717) is 23.8 Å². The van der Waals surface area contributed by atoms with E-state index < -0.39 is 0 Å². The summed E-state index contributed by atoms with van der Waals surface area (Å²) in [5, 5.41) is 23.8. The molecule has 7 nitrogen and oxygen atoms in total. The molecule has 1 aliphatic rings. The number of aromatic amines is 1. The fourth-order valence-corrected chi connectivity index (χ4v) is 3.66. The van der Waals surface area contributed by atoms with Gasteiger partial charge in [0.25, 0.3) is 5.91 Å². The van der Waals surface area contributed by atoms with Crippen LogP contribution in [0.15, 0.2) is 23.1 Å². The zero-order chi connectivity index (χ0) is 18.0. The molecule has 0 bridgehead atoms. The van der Waals surface area contributed by atoms with Crippen LogP contribution in [0.5, 0.6) is 5.75 Å². The van der Waals surface area contributed by atoms with Gasteiger partial charge in [0.2, 0.25) is 0 Å². The lowest BCUT2D eigenvalue weighted by Gasteiger charge is -2.27. The lowest BCUT2D eigenvalue weighted by molar-refractivity contribution is -0.127. The molecule has 0 unspecified atom stereocenters. The second-order valence-electron chi connectivity index (χ2n) is 6.94. The highest BCUT2D eigenvalue weighted by molar-refractivity contribution is 8.04. The Morgan fingerprint density at radius 2 is 2.20 bits per heavy atom. The smallest absolute Gasteiger partial charge is 0.260 e. The van der Waals surface area contributed by atoms with Crippen LogP contribution in [0.3, 0.4) is 0 Å². The number of rotatable bonds is 3. The molecule has 2 N–H and O–H groups in total. The number of hydrogen-bond acceptors (Lipinski definition) is 6. The summed E-state index contributed by atoms with van der Waals surface area (Å²) in [5.41, 5.74) is 1.59. The van der Waals surface area contributed by atoms with Gasteiger partial charge in [-0.3, -0.25) is 4.79 Å². The second-order valence-corrected chi connectivity index (χ2v) is 8.08. The van der Waals surface area contributed by atoms with Crippen LogP contribution in [-0.4, -0.2) is 48.8 Å². The van der Waals surface area contributed by atoms with E-state index in [4.69, 9.17) is 0 Å². The molecule has 1 aliphatic heterocycles. The van der Waals surface area contributed by atoms with E-state index in [0.717, 1.165) is 16.9 Å². The molecule has 1 fully saturated rings. The van der Waals surface area contributed by atoms with Crippen molar-refractivity contribution in [1.82, 2.24) is 25.5 Å². The molecule has 3 rings (SSSR count). The van der Waals surface area contributed by atoms with Crippen molar-refractivity contribution in [3.63, 3.8) is 0 Å². The highest BCUT2D eigenvalue weighted by atomic mass is 32.2. The van der Waals surface area contributed by atoms with Gasteiger partial charge >= 0.3 is 0 Å². The van der Waals surface area contributed by atoms with Crippen LogP contribution >= 0.6 is 11.8 Å². The number of benzene rings is 1. The third kappa shape index (κ3) is 4.01. The van der Waals surface area contributed by atoms with Gasteiger partial charge in [0, 0.05) is 12.3 Å². The average Bonchev–Trinajstić information content (AvgIpc) is 3.05. The maximum atomic E-state index is 12.7. The van der Waals surface area contributed by atoms with Gasteiger partial charge in [0.15, 0.2) is 5.82 Å². The van der Waals surface area contributed by atoms with Gasteiger partial charge < -0.3 is 10.0 Å². The first-order valence-corrected chi connectivity index (χ1v) is 9.03. The number of nitrogens with one attached hydrogen (secondary N) is 1. The number of aromatic hydroxyl groups is 1. The number of carbonyl (C=O) groups excluding carboxylic acids is 1. The minimum atomic E-state index is -0.174. The molecule has 8 heteroatoms. The Morgan fingerprint density at radius 1 is 1.40 bits per heavy atom. The molecule has 1 aromatic heterocycles. The summed E-state index contributed by atoms with van der Waals surface area (Å²) in [7, 11) is 0. The summed E-state index contributed by atoms with van der Waals surface area (Å²) < 4.78 is 0. The third-order valence-electron chi connectivity index (χ3n) is 3.96. The van der Waals surface area contributed by atoms with Gasteiger partial charge in [0.1, 0.15) is 5.75 Å². The summed E-state index contributed by atoms with van der Waals surface area (Å²) in [4.78, 5) is 15.1. The van der Waals surface area contributed by atoms with Crippen molar-refractivity contribution in [2.75, 3.05) is 12.3 Å². The van der Waals surface area contributed by atoms with E-state index in [1.807, 2.05) is 39.0 Å². The summed E-state index contributed by atoms with van der Waals surface area (Å²) in [6.45, 7) is 7.14. The van der Waals surface area contributed by atoms with Crippen LogP contribution in [0, 0.1) is 0 Å². The minimum Gasteiger partial charge on any atom is -0.508 e. The van der Waals surface area contributed by atoms with Crippen molar-refractivity contribution in [2.45, 2.75) is 32.7 Å². The van der Waals surface area contributed by atoms with Crippen molar-refractivity contribution >= 4 is 23.7 Å². The summed E-state index contributed by atoms with van der Waals surface area (Å²) in [6, 6.07) is 5.44. The molecule has 132 valence electrons. The van der Waals surface area contributed by atoms with Crippen molar-refractivity contribution < 1.29 is 9.90 Å². The zero-order valence-corrected chi connectivity index (χ0v) is 15.3. The maximum absolute atomic E-state index is 12.7. The van der Waals surface area contributed by atoms with Gasteiger partial charge in [-0.15, -0.1) is 22.0 Å². The van der Waals surface area contributed by atoms with E-state index in [-0.39, 0.29) is 17.1 Å². The largest absolute Gasteiger partial charge is 0.508 e. The molecule has 2 aromatic rings. The number of carbonyl (C=O) groups is 1. The molecule has 0 radical (unpaired) electrons. The fraction of sp³-hybridized carbons (Fsp3) is 0.412. The van der Waals surface area contributed by atoms with E-state index in [2.05, 4.69) is 20.6 Å². The quantitative estimate of drug-likeness (QED) is 0.817. The number of H-pyrrole nitrogens is 1. The number of tetrazole rings is 1. The molecule has 25 heavy (non-hydrogen) atoms. The van der Waals surface area contributed by atoms with Crippen molar-refractivity contribution in [3.8, 4) is 5.75 Å². The van der Waals surface area contributed by atoms with E-state index >= 15 is 0 Å². The van der Waals surface area contributed by atoms with E-state index in [9.17, 15) is 9.90 Å². The minimum absolute atomic E-state index is 0.0357. The molecule has 1 amide bonds. The van der Waals surface area contributed by atoms with E-state index in [1.165, 1.54) is 0 Å². The first kappa shape index (κ1) is 17.5. The number of phenolic OH excluding ortho intramolecular Hbond substituents is 1. The summed E-state index contributed by atoms with van der Waals surface area (Å²) >= 11 is 1.54. The molecule has 0 atom stereocenters. The van der Waals surface area contributed by atoms with Gasteiger partial charge in [-0.25, -0.2) is 0 Å². The topological polar surface area (TPSA) is 95.0 Å². The van der Waals surface area contributed by atoms with Crippen LogP contribution in [-0.2, 0) is 16.8 Å². The number of hydrogen-bond donors (Lipinski definition) is 2. The predicted molar refractivity (Wildman–Crippen MR) is 96.8 cm³/mol. The molecule has 2 heterocycles. The number of amides is 1. The van der Waals surface area contributed by atoms with Crippen LogP contribution in [0.1, 0.15) is 37.7 Å². The summed E-state index contributed by atoms with van der Waals surface area (Å²) in [6.07, 6.45) is 1.88. The average molecular weight is 359 g/mol. The van der Waals surface area contributed by atoms with Crippen LogP contribution in [0.25, 0.3) is 6.08 Å². The standard InChI is InChI=1S/C17H21N5O2S/c1-17(2,3)12-8-11(4-5-13(12)23)9-14-16(24)22(6-7-25-14)10-15-18-20-21-19-15/h4-5,8-9,23H,6-7,10H2,1-3H3,(H,18,19,20,21). The zero-order valence-electron chi connectivity index (χ0n) is 14.5. The molecule has 0 spiro atoms. The Labute approximate surface area is 150 Å². The highest BCUT2D eigenvalue weighted by Crippen LogP contribution is 2.33. The Morgan fingerprint density at radius 3 is 2.88 bits per heavy atom. The maximum Gasteiger partial charge on any atom is 0.260 e. The lowest BCUT2D eigenvalue weighted by Crippen LogP contribution is -2.36. The monoisotopic (exact) mass is 359 g/mol. The van der Waals surface area contributed by atoms with Gasteiger partial charge in [-0.1, -0.05) is 32.1 Å². The Bertz CT molecular complexity index is 796. The molecular formula is C17H21N5O2S. The van der Waals surface area contributed by atoms with Crippen LogP contribution < -0.4 is 0 Å². The lowest BCUT2D eigenvalue weighted by atomic mass is 9.85. The number of aromatic nitrogens is 4. The number of thioether (sulfide) groups is 1. The first-order valence-electron chi connectivity index (χ1n) is 8.04.